The van der Waals surface area contributed by atoms with Crippen molar-refractivity contribution in [1.29, 1.82) is 0 Å². The maximum atomic E-state index is 13.6. The molecule has 8 heteroatoms. The molecular weight excluding hydrogens is 337 g/mol. The van der Waals surface area contributed by atoms with Gasteiger partial charge in [0.15, 0.2) is 5.69 Å². The highest BCUT2D eigenvalue weighted by Gasteiger charge is 2.31. The van der Waals surface area contributed by atoms with Crippen molar-refractivity contribution in [2.24, 2.45) is 0 Å². The molecule has 7 nitrogen and oxygen atoms in total. The number of hydrogen-bond donors (Lipinski definition) is 1. The van der Waals surface area contributed by atoms with Crippen molar-refractivity contribution in [2.75, 3.05) is 32.8 Å². The van der Waals surface area contributed by atoms with E-state index in [-0.39, 0.29) is 23.8 Å². The zero-order chi connectivity index (χ0) is 17.9. The Balaban J connectivity index is 1.54. The summed E-state index contributed by atoms with van der Waals surface area (Å²) in [5.41, 5.74) is 1.05. The lowest BCUT2D eigenvalue weighted by Gasteiger charge is -2.35. The molecular formula is C18H22FN5O2. The lowest BCUT2D eigenvalue weighted by molar-refractivity contribution is -0.00309. The van der Waals surface area contributed by atoms with E-state index in [0.717, 1.165) is 31.5 Å². The third kappa shape index (κ3) is 3.47. The SMILES string of the molecule is O=C(c1cn(C2CCNCC2)nn1)N1CCOCC1c1cccc(F)c1. The summed E-state index contributed by atoms with van der Waals surface area (Å²) >= 11 is 0. The number of morpholine rings is 1. The molecule has 138 valence electrons. The highest BCUT2D eigenvalue weighted by atomic mass is 19.1. The normalized spacial score (nSPS) is 21.7. The minimum absolute atomic E-state index is 0.192. The van der Waals surface area contributed by atoms with E-state index >= 15 is 0 Å². The molecule has 3 heterocycles. The molecule has 2 aliphatic heterocycles. The Kier molecular flexibility index (Phi) is 4.94. The lowest BCUT2D eigenvalue weighted by atomic mass is 10.0. The molecule has 26 heavy (non-hydrogen) atoms. The molecule has 2 aromatic rings. The van der Waals surface area contributed by atoms with Crippen molar-refractivity contribution in [3.05, 3.63) is 47.5 Å². The van der Waals surface area contributed by atoms with Gasteiger partial charge in [-0.1, -0.05) is 17.3 Å². The summed E-state index contributed by atoms with van der Waals surface area (Å²) in [7, 11) is 0. The van der Waals surface area contributed by atoms with Gasteiger partial charge in [-0.15, -0.1) is 5.10 Å². The number of aromatic nitrogens is 3. The average molecular weight is 359 g/mol. The number of amides is 1. The predicted molar refractivity (Wildman–Crippen MR) is 92.2 cm³/mol. The lowest BCUT2D eigenvalue weighted by Crippen LogP contribution is -2.43. The van der Waals surface area contributed by atoms with Crippen LogP contribution in [0.5, 0.6) is 0 Å². The molecule has 0 saturated carbocycles. The van der Waals surface area contributed by atoms with E-state index in [4.69, 9.17) is 4.74 Å². The molecule has 1 atom stereocenters. The largest absolute Gasteiger partial charge is 0.377 e. The standard InChI is InChI=1S/C18H22FN5O2/c19-14-3-1-2-13(10-14)17-12-26-9-8-23(17)18(25)16-11-24(22-21-16)15-4-6-20-7-5-15/h1-3,10-11,15,17,20H,4-9,12H2. The fourth-order valence-electron chi connectivity index (χ4n) is 3.61. The Morgan fingerprint density at radius 2 is 2.15 bits per heavy atom. The summed E-state index contributed by atoms with van der Waals surface area (Å²) in [6.45, 7) is 3.13. The van der Waals surface area contributed by atoms with Gasteiger partial charge >= 0.3 is 0 Å². The number of rotatable bonds is 3. The topological polar surface area (TPSA) is 72.3 Å². The van der Waals surface area contributed by atoms with Gasteiger partial charge in [0.2, 0.25) is 0 Å². The van der Waals surface area contributed by atoms with Crippen molar-refractivity contribution in [2.45, 2.75) is 24.9 Å². The predicted octanol–water partition coefficient (Wildman–Crippen LogP) is 1.56. The summed E-state index contributed by atoms with van der Waals surface area (Å²) < 4.78 is 20.9. The molecule has 1 aromatic carbocycles. The fourth-order valence-corrected chi connectivity index (χ4v) is 3.61. The first-order chi connectivity index (χ1) is 12.7. The fraction of sp³-hybridized carbons (Fsp3) is 0.500. The van der Waals surface area contributed by atoms with Crippen molar-refractivity contribution >= 4 is 5.91 Å². The van der Waals surface area contributed by atoms with Crippen molar-refractivity contribution in [1.82, 2.24) is 25.2 Å². The first kappa shape index (κ1) is 17.1. The number of hydrogen-bond acceptors (Lipinski definition) is 5. The summed E-state index contributed by atoms with van der Waals surface area (Å²) in [4.78, 5) is 14.7. The van der Waals surface area contributed by atoms with E-state index < -0.39 is 0 Å². The van der Waals surface area contributed by atoms with Crippen LogP contribution < -0.4 is 5.32 Å². The van der Waals surface area contributed by atoms with Crippen LogP contribution in [-0.4, -0.2) is 58.6 Å². The number of carbonyl (C=O) groups excluding carboxylic acids is 1. The Morgan fingerprint density at radius 1 is 1.31 bits per heavy atom. The van der Waals surface area contributed by atoms with E-state index in [1.807, 2.05) is 6.07 Å². The second-order valence-corrected chi connectivity index (χ2v) is 6.71. The molecule has 1 amide bonds. The summed E-state index contributed by atoms with van der Waals surface area (Å²) in [6, 6.07) is 6.25. The zero-order valence-corrected chi connectivity index (χ0v) is 14.5. The minimum atomic E-state index is -0.323. The van der Waals surface area contributed by atoms with Gasteiger partial charge in [-0.2, -0.15) is 0 Å². The molecule has 0 aliphatic carbocycles. The van der Waals surface area contributed by atoms with Gasteiger partial charge in [0.25, 0.3) is 5.91 Å². The van der Waals surface area contributed by atoms with E-state index in [0.29, 0.717) is 25.5 Å². The molecule has 1 unspecified atom stereocenters. The summed E-state index contributed by atoms with van der Waals surface area (Å²) in [5.74, 6) is -0.514. The second kappa shape index (κ2) is 7.51. The van der Waals surface area contributed by atoms with Crippen LogP contribution >= 0.6 is 0 Å². The average Bonchev–Trinajstić information content (AvgIpc) is 3.18. The number of piperidine rings is 1. The van der Waals surface area contributed by atoms with Crippen LogP contribution in [0, 0.1) is 5.82 Å². The number of nitrogens with one attached hydrogen (secondary N) is 1. The van der Waals surface area contributed by atoms with Gasteiger partial charge in [-0.25, -0.2) is 9.07 Å². The van der Waals surface area contributed by atoms with Gasteiger partial charge in [0.05, 0.1) is 31.5 Å². The van der Waals surface area contributed by atoms with E-state index in [1.54, 1.807) is 21.8 Å². The summed E-state index contributed by atoms with van der Waals surface area (Å²) in [6.07, 6.45) is 3.68. The van der Waals surface area contributed by atoms with Crippen LogP contribution in [0.1, 0.15) is 41.0 Å². The van der Waals surface area contributed by atoms with Crippen molar-refractivity contribution < 1.29 is 13.9 Å². The third-order valence-corrected chi connectivity index (χ3v) is 5.03. The molecule has 2 saturated heterocycles. The smallest absolute Gasteiger partial charge is 0.276 e. The second-order valence-electron chi connectivity index (χ2n) is 6.71. The highest BCUT2D eigenvalue weighted by molar-refractivity contribution is 5.92. The molecule has 1 N–H and O–H groups in total. The molecule has 2 aliphatic rings. The van der Waals surface area contributed by atoms with Crippen LogP contribution in [0.3, 0.4) is 0 Å². The molecule has 2 fully saturated rings. The number of nitrogens with zero attached hydrogens (tertiary/aromatic N) is 4. The Labute approximate surface area is 151 Å². The number of halogens is 1. The van der Waals surface area contributed by atoms with Gasteiger partial charge in [-0.3, -0.25) is 4.79 Å². The molecule has 0 spiro atoms. The van der Waals surface area contributed by atoms with Gasteiger partial charge in [0, 0.05) is 6.54 Å². The molecule has 0 bridgehead atoms. The zero-order valence-electron chi connectivity index (χ0n) is 14.5. The Hall–Kier alpha value is -2.32. The number of benzene rings is 1. The highest BCUT2D eigenvalue weighted by Crippen LogP contribution is 2.26. The van der Waals surface area contributed by atoms with Gasteiger partial charge in [-0.05, 0) is 43.6 Å². The summed E-state index contributed by atoms with van der Waals surface area (Å²) in [5, 5.41) is 11.6. The Bertz CT molecular complexity index is 774. The van der Waals surface area contributed by atoms with Crippen molar-refractivity contribution in [3.8, 4) is 0 Å². The van der Waals surface area contributed by atoms with Crippen LogP contribution in [-0.2, 0) is 4.74 Å². The Morgan fingerprint density at radius 3 is 2.96 bits per heavy atom. The van der Waals surface area contributed by atoms with Crippen LogP contribution in [0.25, 0.3) is 0 Å². The molecule has 0 radical (unpaired) electrons. The van der Waals surface area contributed by atoms with Crippen LogP contribution in [0.15, 0.2) is 30.5 Å². The van der Waals surface area contributed by atoms with E-state index in [9.17, 15) is 9.18 Å². The maximum absolute atomic E-state index is 13.6. The first-order valence-corrected chi connectivity index (χ1v) is 8.99. The minimum Gasteiger partial charge on any atom is -0.377 e. The number of carbonyl (C=O) groups is 1. The monoisotopic (exact) mass is 359 g/mol. The molecule has 4 rings (SSSR count). The third-order valence-electron chi connectivity index (χ3n) is 5.03. The first-order valence-electron chi connectivity index (χ1n) is 8.99. The molecule has 1 aromatic heterocycles. The van der Waals surface area contributed by atoms with E-state index in [1.165, 1.54) is 12.1 Å². The van der Waals surface area contributed by atoms with Gasteiger partial charge in [0.1, 0.15) is 5.82 Å². The maximum Gasteiger partial charge on any atom is 0.276 e. The van der Waals surface area contributed by atoms with Gasteiger partial charge < -0.3 is 15.0 Å². The van der Waals surface area contributed by atoms with Crippen molar-refractivity contribution in [3.63, 3.8) is 0 Å². The van der Waals surface area contributed by atoms with Crippen LogP contribution in [0.4, 0.5) is 4.39 Å². The van der Waals surface area contributed by atoms with Crippen LogP contribution in [0.2, 0.25) is 0 Å². The van der Waals surface area contributed by atoms with E-state index in [2.05, 4.69) is 15.6 Å². The number of ether oxygens (including phenoxy) is 1. The quantitative estimate of drug-likeness (QED) is 0.900.